The van der Waals surface area contributed by atoms with Gasteiger partial charge in [0.05, 0.1) is 12.7 Å². The Morgan fingerprint density at radius 3 is 2.30 bits per heavy atom. The van der Waals surface area contributed by atoms with Crippen LogP contribution < -0.4 is 21.3 Å². The van der Waals surface area contributed by atoms with E-state index < -0.39 is 24.0 Å². The van der Waals surface area contributed by atoms with Crippen molar-refractivity contribution in [2.75, 3.05) is 19.7 Å². The molecule has 4 fully saturated rings. The summed E-state index contributed by atoms with van der Waals surface area (Å²) in [6.07, 6.45) is 9.28. The van der Waals surface area contributed by atoms with Gasteiger partial charge in [-0.2, -0.15) is 0 Å². The molecule has 11 nitrogen and oxygen atoms in total. The summed E-state index contributed by atoms with van der Waals surface area (Å²) >= 11 is 0. The molecule has 1 aromatic carbocycles. The molecule has 1 aliphatic heterocycles. The molecule has 1 unspecified atom stereocenters. The van der Waals surface area contributed by atoms with E-state index in [1.807, 2.05) is 0 Å². The number of nitrogens with one attached hydrogen (secondary N) is 4. The highest BCUT2D eigenvalue weighted by atomic mass is 16.6. The van der Waals surface area contributed by atoms with Crippen molar-refractivity contribution < 1.29 is 28.7 Å². The first-order valence-corrected chi connectivity index (χ1v) is 15.7. The zero-order valence-electron chi connectivity index (χ0n) is 25.2. The molecular formula is C32H45N5O6. The van der Waals surface area contributed by atoms with E-state index in [4.69, 9.17) is 9.47 Å². The van der Waals surface area contributed by atoms with Gasteiger partial charge in [0.1, 0.15) is 6.04 Å². The first kappa shape index (κ1) is 31.0. The summed E-state index contributed by atoms with van der Waals surface area (Å²) in [6.45, 7) is 4.45. The number of esters is 1. The van der Waals surface area contributed by atoms with Crippen molar-refractivity contribution >= 4 is 30.1 Å². The summed E-state index contributed by atoms with van der Waals surface area (Å²) in [6, 6.07) is 5.85. The number of benzene rings is 1. The SMILES string of the molecule is CC(C)OC(=O)[C@H](CNC(=O)c1ccc(CCC(=O)NC2N=CCCN2)cc1)NC(=O)OCC12CC3CC(CC(C3)C1)C2. The van der Waals surface area contributed by atoms with Crippen molar-refractivity contribution in [3.8, 4) is 0 Å². The second-order valence-corrected chi connectivity index (χ2v) is 13.1. The van der Waals surface area contributed by atoms with Gasteiger partial charge in [0.15, 0.2) is 6.29 Å². The third-order valence-electron chi connectivity index (χ3n) is 9.09. The minimum Gasteiger partial charge on any atom is -0.461 e. The maximum absolute atomic E-state index is 12.9. The predicted octanol–water partition coefficient (Wildman–Crippen LogP) is 3.08. The van der Waals surface area contributed by atoms with Gasteiger partial charge in [0.2, 0.25) is 5.91 Å². The summed E-state index contributed by atoms with van der Waals surface area (Å²) in [5, 5.41) is 11.3. The van der Waals surface area contributed by atoms with Crippen LogP contribution in [0.4, 0.5) is 4.79 Å². The van der Waals surface area contributed by atoms with Crippen LogP contribution in [0.25, 0.3) is 0 Å². The van der Waals surface area contributed by atoms with Crippen molar-refractivity contribution in [2.24, 2.45) is 28.2 Å². The zero-order valence-corrected chi connectivity index (χ0v) is 25.2. The molecule has 4 N–H and O–H groups in total. The summed E-state index contributed by atoms with van der Waals surface area (Å²) in [4.78, 5) is 54.9. The number of nitrogens with zero attached hydrogens (tertiary/aromatic N) is 1. The summed E-state index contributed by atoms with van der Waals surface area (Å²) < 4.78 is 11.0. The second-order valence-electron chi connectivity index (χ2n) is 13.1. The summed E-state index contributed by atoms with van der Waals surface area (Å²) in [5.74, 6) is 1.10. The molecule has 1 heterocycles. The van der Waals surface area contributed by atoms with Crippen LogP contribution in [0.1, 0.15) is 81.1 Å². The number of rotatable bonds is 12. The van der Waals surface area contributed by atoms with Gasteiger partial charge in [-0.3, -0.25) is 19.9 Å². The van der Waals surface area contributed by atoms with E-state index in [-0.39, 0.29) is 30.3 Å². The lowest BCUT2D eigenvalue weighted by molar-refractivity contribution is -0.149. The van der Waals surface area contributed by atoms with Crippen LogP contribution in [-0.2, 0) is 25.5 Å². The Labute approximate surface area is 253 Å². The molecule has 4 saturated carbocycles. The number of carbonyl (C=O) groups excluding carboxylic acids is 4. The van der Waals surface area contributed by atoms with Crippen LogP contribution in [0.3, 0.4) is 0 Å². The first-order chi connectivity index (χ1) is 20.7. The maximum atomic E-state index is 12.9. The molecule has 4 bridgehead atoms. The highest BCUT2D eigenvalue weighted by Crippen LogP contribution is 2.60. The molecule has 0 saturated heterocycles. The zero-order chi connectivity index (χ0) is 30.4. The fourth-order valence-electron chi connectivity index (χ4n) is 7.58. The summed E-state index contributed by atoms with van der Waals surface area (Å²) in [7, 11) is 0. The van der Waals surface area contributed by atoms with E-state index in [9.17, 15) is 19.2 Å². The third kappa shape index (κ3) is 8.55. The van der Waals surface area contributed by atoms with Crippen molar-refractivity contribution in [1.29, 1.82) is 0 Å². The van der Waals surface area contributed by atoms with Gasteiger partial charge in [-0.25, -0.2) is 9.59 Å². The molecule has 2 atom stereocenters. The van der Waals surface area contributed by atoms with Gasteiger partial charge < -0.3 is 25.4 Å². The molecule has 0 aromatic heterocycles. The molecule has 1 aromatic rings. The number of hydrogen-bond donors (Lipinski definition) is 4. The van der Waals surface area contributed by atoms with Crippen molar-refractivity contribution in [1.82, 2.24) is 21.3 Å². The first-order valence-electron chi connectivity index (χ1n) is 15.7. The lowest BCUT2D eigenvalue weighted by atomic mass is 9.50. The van der Waals surface area contributed by atoms with Crippen molar-refractivity contribution in [2.45, 2.75) is 90.1 Å². The van der Waals surface area contributed by atoms with E-state index in [2.05, 4.69) is 26.3 Å². The number of aryl methyl sites for hydroxylation is 1. The Kier molecular flexibility index (Phi) is 10.00. The topological polar surface area (TPSA) is 147 Å². The number of alkyl carbamates (subject to hydrolysis) is 1. The van der Waals surface area contributed by atoms with Crippen LogP contribution in [0, 0.1) is 23.2 Å². The Morgan fingerprint density at radius 2 is 1.70 bits per heavy atom. The lowest BCUT2D eigenvalue weighted by Crippen LogP contribution is -2.51. The van der Waals surface area contributed by atoms with Crippen LogP contribution in [0.15, 0.2) is 29.3 Å². The van der Waals surface area contributed by atoms with Crippen LogP contribution in [0.5, 0.6) is 0 Å². The number of ether oxygens (including phenoxy) is 2. The quantitative estimate of drug-likeness (QED) is 0.272. The monoisotopic (exact) mass is 595 g/mol. The average molecular weight is 596 g/mol. The van der Waals surface area contributed by atoms with E-state index >= 15 is 0 Å². The molecule has 6 rings (SSSR count). The fourth-order valence-corrected chi connectivity index (χ4v) is 7.58. The number of aliphatic imine (C=N–C) groups is 1. The van der Waals surface area contributed by atoms with Crippen LogP contribution in [0.2, 0.25) is 0 Å². The van der Waals surface area contributed by atoms with Crippen molar-refractivity contribution in [3.05, 3.63) is 35.4 Å². The molecular weight excluding hydrogens is 550 g/mol. The van der Waals surface area contributed by atoms with E-state index in [0.717, 1.165) is 55.5 Å². The van der Waals surface area contributed by atoms with E-state index in [1.54, 1.807) is 44.3 Å². The lowest BCUT2D eigenvalue weighted by Gasteiger charge is -2.56. The second kappa shape index (κ2) is 13.9. The smallest absolute Gasteiger partial charge is 0.407 e. The average Bonchev–Trinajstić information content (AvgIpc) is 2.97. The van der Waals surface area contributed by atoms with Gasteiger partial charge in [-0.15, -0.1) is 0 Å². The normalized spacial score (nSPS) is 27.8. The van der Waals surface area contributed by atoms with Gasteiger partial charge in [-0.1, -0.05) is 12.1 Å². The third-order valence-corrected chi connectivity index (χ3v) is 9.09. The Balaban J connectivity index is 1.09. The minimum absolute atomic E-state index is 0.0609. The van der Waals surface area contributed by atoms with Crippen LogP contribution in [-0.4, -0.2) is 68.2 Å². The molecule has 4 aliphatic carbocycles. The Bertz CT molecular complexity index is 1160. The standard InChI is InChI=1S/C32H45N5O6/c1-20(2)43-29(40)26(36-31(41)42-19-32-15-22-12-23(16-32)14-24(13-22)17-32)18-35-28(39)25-7-4-21(5-8-25)6-9-27(38)37-30-33-10-3-11-34-30/h4-5,7-8,10,20,22-24,26,30,34H,3,6,9,11-19H2,1-2H3,(H,35,39)(H,36,41)(H,37,38)/t22?,23?,24?,26-,30?,32?/m0/s1. The van der Waals surface area contributed by atoms with E-state index in [1.165, 1.54) is 19.3 Å². The maximum Gasteiger partial charge on any atom is 0.407 e. The molecule has 234 valence electrons. The van der Waals surface area contributed by atoms with Gasteiger partial charge in [0, 0.05) is 36.7 Å². The molecule has 5 aliphatic rings. The van der Waals surface area contributed by atoms with Gasteiger partial charge in [0.25, 0.3) is 5.91 Å². The van der Waals surface area contributed by atoms with Gasteiger partial charge >= 0.3 is 12.1 Å². The van der Waals surface area contributed by atoms with Crippen molar-refractivity contribution in [3.63, 3.8) is 0 Å². The van der Waals surface area contributed by atoms with Gasteiger partial charge in [-0.05, 0) is 101 Å². The van der Waals surface area contributed by atoms with Crippen LogP contribution >= 0.6 is 0 Å². The summed E-state index contributed by atoms with van der Waals surface area (Å²) in [5.41, 5.74) is 1.37. The largest absolute Gasteiger partial charge is 0.461 e. The Hall–Kier alpha value is -3.47. The molecule has 11 heteroatoms. The fraction of sp³-hybridized carbons (Fsp3) is 0.656. The molecule has 0 radical (unpaired) electrons. The highest BCUT2D eigenvalue weighted by Gasteiger charge is 2.51. The predicted molar refractivity (Wildman–Crippen MR) is 160 cm³/mol. The number of hydrogen-bond acceptors (Lipinski definition) is 8. The number of carbonyl (C=O) groups is 4. The van der Waals surface area contributed by atoms with E-state index in [0.29, 0.717) is 25.0 Å². The number of amides is 3. The molecule has 3 amide bonds. The molecule has 0 spiro atoms. The minimum atomic E-state index is -1.09. The molecule has 43 heavy (non-hydrogen) atoms. The highest BCUT2D eigenvalue weighted by molar-refractivity contribution is 5.94. The Morgan fingerprint density at radius 1 is 1.02 bits per heavy atom.